The molecule has 3 aromatic carbocycles. The van der Waals surface area contributed by atoms with E-state index in [1.54, 1.807) is 48.5 Å². The Balaban J connectivity index is 1.76. The van der Waals surface area contributed by atoms with E-state index >= 15 is 0 Å². The molecule has 33 heavy (non-hydrogen) atoms. The van der Waals surface area contributed by atoms with E-state index in [9.17, 15) is 16.8 Å². The zero-order valence-corrected chi connectivity index (χ0v) is 20.4. The van der Waals surface area contributed by atoms with Gasteiger partial charge in [-0.3, -0.25) is 4.31 Å². The minimum atomic E-state index is -3.80. The quantitative estimate of drug-likeness (QED) is 0.380. The van der Waals surface area contributed by atoms with Crippen molar-refractivity contribution in [2.45, 2.75) is 42.4 Å². The van der Waals surface area contributed by atoms with Crippen LogP contribution in [0.2, 0.25) is 0 Å². The molecule has 0 aliphatic carbocycles. The topological polar surface area (TPSA) is 83.6 Å². The number of sulfonamides is 2. The van der Waals surface area contributed by atoms with Crippen LogP contribution in [0.15, 0.2) is 94.7 Å². The summed E-state index contributed by atoms with van der Waals surface area (Å²) in [6.07, 6.45) is 3.43. The van der Waals surface area contributed by atoms with Gasteiger partial charge in [0, 0.05) is 13.1 Å². The first kappa shape index (κ1) is 25.0. The Bertz CT molecular complexity index is 1210. The lowest BCUT2D eigenvalue weighted by Crippen LogP contribution is -2.34. The molecule has 1 N–H and O–H groups in total. The third-order valence-corrected chi connectivity index (χ3v) is 8.58. The van der Waals surface area contributed by atoms with Gasteiger partial charge in [0.15, 0.2) is 0 Å². The van der Waals surface area contributed by atoms with Crippen molar-refractivity contribution < 1.29 is 16.8 Å². The Morgan fingerprint density at radius 2 is 1.30 bits per heavy atom. The van der Waals surface area contributed by atoms with E-state index in [2.05, 4.69) is 11.6 Å². The fourth-order valence-corrected chi connectivity index (χ4v) is 6.05. The molecule has 0 amide bonds. The van der Waals surface area contributed by atoms with Gasteiger partial charge in [-0.05, 0) is 61.2 Å². The van der Waals surface area contributed by atoms with Crippen molar-refractivity contribution in [3.8, 4) is 0 Å². The first-order valence-corrected chi connectivity index (χ1v) is 14.0. The normalized spacial score (nSPS) is 11.9. The van der Waals surface area contributed by atoms with Crippen molar-refractivity contribution >= 4 is 25.7 Å². The molecule has 0 saturated carbocycles. The highest BCUT2D eigenvalue weighted by Gasteiger charge is 2.24. The molecule has 0 saturated heterocycles. The number of hydrogen-bond acceptors (Lipinski definition) is 4. The molecule has 3 rings (SSSR count). The van der Waals surface area contributed by atoms with Crippen LogP contribution in [0.1, 0.15) is 31.7 Å². The predicted octanol–water partition coefficient (Wildman–Crippen LogP) is 4.59. The lowest BCUT2D eigenvalue weighted by atomic mass is 10.1. The summed E-state index contributed by atoms with van der Waals surface area (Å²) in [7, 11) is -7.44. The maximum absolute atomic E-state index is 13.4. The summed E-state index contributed by atoms with van der Waals surface area (Å²) in [6.45, 7) is 2.39. The van der Waals surface area contributed by atoms with Crippen LogP contribution in [0.25, 0.3) is 0 Å². The van der Waals surface area contributed by atoms with Crippen molar-refractivity contribution in [3.05, 3.63) is 90.5 Å². The molecule has 0 radical (unpaired) electrons. The highest BCUT2D eigenvalue weighted by Crippen LogP contribution is 2.25. The van der Waals surface area contributed by atoms with Crippen LogP contribution in [-0.2, 0) is 26.5 Å². The number of nitrogens with one attached hydrogen (secondary N) is 1. The second-order valence-electron chi connectivity index (χ2n) is 7.72. The number of aryl methyl sites for hydroxylation is 1. The SMILES string of the molecule is CCCCc1ccc(N(CCCNS(=O)(=O)c2ccccc2)S(=O)(=O)c2ccccc2)cc1. The molecule has 176 valence electrons. The number of benzene rings is 3. The minimum absolute atomic E-state index is 0.118. The molecular formula is C25H30N2O4S2. The Kier molecular flexibility index (Phi) is 8.66. The second kappa shape index (κ2) is 11.4. The highest BCUT2D eigenvalue weighted by molar-refractivity contribution is 7.92. The molecule has 3 aromatic rings. The molecule has 0 unspecified atom stereocenters. The fourth-order valence-electron chi connectivity index (χ4n) is 3.43. The minimum Gasteiger partial charge on any atom is -0.266 e. The maximum Gasteiger partial charge on any atom is 0.264 e. The van der Waals surface area contributed by atoms with Crippen LogP contribution < -0.4 is 9.03 Å². The number of unbranched alkanes of at least 4 members (excludes halogenated alkanes) is 1. The van der Waals surface area contributed by atoms with Gasteiger partial charge in [0.1, 0.15) is 0 Å². The monoisotopic (exact) mass is 486 g/mol. The molecule has 0 fully saturated rings. The van der Waals surface area contributed by atoms with Crippen molar-refractivity contribution in [2.75, 3.05) is 17.4 Å². The van der Waals surface area contributed by atoms with Crippen LogP contribution in [0.3, 0.4) is 0 Å². The summed E-state index contributed by atoms with van der Waals surface area (Å²) in [4.78, 5) is 0.381. The highest BCUT2D eigenvalue weighted by atomic mass is 32.2. The zero-order valence-electron chi connectivity index (χ0n) is 18.7. The molecule has 0 bridgehead atoms. The molecule has 0 spiro atoms. The fraction of sp³-hybridized carbons (Fsp3) is 0.280. The Labute approximate surface area is 197 Å². The molecule has 0 atom stereocenters. The Morgan fingerprint density at radius 3 is 1.88 bits per heavy atom. The standard InChI is InChI=1S/C25H30N2O4S2/c1-2-3-11-22-16-18-23(19-17-22)27(33(30,31)25-14-8-5-9-15-25)21-10-20-26-32(28,29)24-12-6-4-7-13-24/h4-9,12-19,26H,2-3,10-11,20-21H2,1H3. The van der Waals surface area contributed by atoms with Gasteiger partial charge in [-0.25, -0.2) is 21.6 Å². The predicted molar refractivity (Wildman–Crippen MR) is 132 cm³/mol. The molecule has 0 aliphatic heterocycles. The van der Waals surface area contributed by atoms with Gasteiger partial charge >= 0.3 is 0 Å². The third-order valence-electron chi connectivity index (χ3n) is 5.26. The molecule has 6 nitrogen and oxygen atoms in total. The largest absolute Gasteiger partial charge is 0.266 e. The van der Waals surface area contributed by atoms with Crippen LogP contribution in [0, 0.1) is 0 Å². The summed E-state index contributed by atoms with van der Waals surface area (Å²) >= 11 is 0. The maximum atomic E-state index is 13.4. The number of nitrogens with zero attached hydrogens (tertiary/aromatic N) is 1. The van der Waals surface area contributed by atoms with Crippen LogP contribution >= 0.6 is 0 Å². The van der Waals surface area contributed by atoms with E-state index < -0.39 is 20.0 Å². The summed E-state index contributed by atoms with van der Waals surface area (Å²) in [6, 6.07) is 23.9. The van der Waals surface area contributed by atoms with Crippen LogP contribution in [0.4, 0.5) is 5.69 Å². The summed E-state index contributed by atoms with van der Waals surface area (Å²) in [5, 5.41) is 0. The van der Waals surface area contributed by atoms with Gasteiger partial charge in [0.2, 0.25) is 10.0 Å². The smallest absolute Gasteiger partial charge is 0.264 e. The molecule has 8 heteroatoms. The average molecular weight is 487 g/mol. The molecule has 0 aromatic heterocycles. The molecule has 0 aliphatic rings. The van der Waals surface area contributed by atoms with Gasteiger partial charge in [0.05, 0.1) is 15.5 Å². The van der Waals surface area contributed by atoms with Crippen LogP contribution in [0.5, 0.6) is 0 Å². The summed E-state index contributed by atoms with van der Waals surface area (Å²) in [5.74, 6) is 0. The summed E-state index contributed by atoms with van der Waals surface area (Å²) < 4.78 is 55.6. The van der Waals surface area contributed by atoms with Gasteiger partial charge < -0.3 is 0 Å². The van der Waals surface area contributed by atoms with E-state index in [1.807, 2.05) is 24.3 Å². The van der Waals surface area contributed by atoms with E-state index in [1.165, 1.54) is 16.4 Å². The first-order valence-electron chi connectivity index (χ1n) is 11.1. The number of anilines is 1. The van der Waals surface area contributed by atoms with E-state index in [-0.39, 0.29) is 22.9 Å². The first-order chi connectivity index (χ1) is 15.8. The van der Waals surface area contributed by atoms with Gasteiger partial charge in [-0.15, -0.1) is 0 Å². The van der Waals surface area contributed by atoms with Crippen LogP contribution in [-0.4, -0.2) is 29.9 Å². The second-order valence-corrected chi connectivity index (χ2v) is 11.4. The van der Waals surface area contributed by atoms with E-state index in [0.717, 1.165) is 24.8 Å². The third kappa shape index (κ3) is 6.66. The van der Waals surface area contributed by atoms with E-state index in [0.29, 0.717) is 12.1 Å². The van der Waals surface area contributed by atoms with Gasteiger partial charge in [-0.2, -0.15) is 0 Å². The van der Waals surface area contributed by atoms with Gasteiger partial charge in [0.25, 0.3) is 10.0 Å². The summed E-state index contributed by atoms with van der Waals surface area (Å²) in [5.41, 5.74) is 1.72. The van der Waals surface area contributed by atoms with Crippen molar-refractivity contribution in [3.63, 3.8) is 0 Å². The lowest BCUT2D eigenvalue weighted by Gasteiger charge is -2.25. The Morgan fingerprint density at radius 1 is 0.727 bits per heavy atom. The zero-order chi connectivity index (χ0) is 23.7. The number of hydrogen-bond donors (Lipinski definition) is 1. The lowest BCUT2D eigenvalue weighted by molar-refractivity contribution is 0.578. The number of rotatable bonds is 12. The van der Waals surface area contributed by atoms with Gasteiger partial charge in [-0.1, -0.05) is 61.9 Å². The van der Waals surface area contributed by atoms with E-state index in [4.69, 9.17) is 0 Å². The Hall–Kier alpha value is -2.68. The van der Waals surface area contributed by atoms with Crippen molar-refractivity contribution in [2.24, 2.45) is 0 Å². The average Bonchev–Trinajstić information content (AvgIpc) is 2.84. The molecule has 0 heterocycles. The molecular weight excluding hydrogens is 456 g/mol. The van der Waals surface area contributed by atoms with Crippen molar-refractivity contribution in [1.82, 2.24) is 4.72 Å². The van der Waals surface area contributed by atoms with Crippen molar-refractivity contribution in [1.29, 1.82) is 0 Å².